The van der Waals surface area contributed by atoms with Gasteiger partial charge in [0.1, 0.15) is 0 Å². The fraction of sp³-hybridized carbons (Fsp3) is 0.171. The third-order valence-corrected chi connectivity index (χ3v) is 8.51. The smallest absolute Gasteiger partial charge is 0.0595 e. The van der Waals surface area contributed by atoms with E-state index in [0.29, 0.717) is 11.8 Å². The number of hydrogen-bond donors (Lipinski definition) is 0. The van der Waals surface area contributed by atoms with Gasteiger partial charge < -0.3 is 4.98 Å². The molecule has 6 aromatic carbocycles. The molecule has 8 rings (SSSR count). The first-order valence-electron chi connectivity index (χ1n) is 15.1. The molecular weight excluding hydrogens is 713 g/mol. The predicted molar refractivity (Wildman–Crippen MR) is 183 cm³/mol. The summed E-state index contributed by atoms with van der Waals surface area (Å²) in [6.45, 7) is 10.9. The van der Waals surface area contributed by atoms with E-state index in [9.17, 15) is 0 Å². The summed E-state index contributed by atoms with van der Waals surface area (Å²) in [6, 6.07) is 41.3. The van der Waals surface area contributed by atoms with Gasteiger partial charge in [-0.05, 0) is 55.7 Å². The molecule has 0 unspecified atom stereocenters. The van der Waals surface area contributed by atoms with Crippen LogP contribution < -0.4 is 0 Å². The minimum absolute atomic E-state index is 0. The number of aromatic nitrogens is 2. The molecule has 2 heterocycles. The van der Waals surface area contributed by atoms with E-state index in [-0.39, 0.29) is 20.1 Å². The second-order valence-electron chi connectivity index (χ2n) is 12.2. The van der Waals surface area contributed by atoms with E-state index in [4.69, 9.17) is 4.98 Å². The van der Waals surface area contributed by atoms with Gasteiger partial charge in [-0.2, -0.15) is 0 Å². The van der Waals surface area contributed by atoms with Crippen LogP contribution >= 0.6 is 0 Å². The summed E-state index contributed by atoms with van der Waals surface area (Å²) in [5, 5.41) is 9.98. The number of hydrogen-bond acceptors (Lipinski definition) is 2. The summed E-state index contributed by atoms with van der Waals surface area (Å²) in [6.07, 6.45) is 1.96. The summed E-state index contributed by atoms with van der Waals surface area (Å²) < 4.78 is 0. The van der Waals surface area contributed by atoms with Crippen LogP contribution in [0, 0.1) is 19.1 Å². The molecule has 0 aliphatic carbocycles. The van der Waals surface area contributed by atoms with Crippen LogP contribution in [0.2, 0.25) is 0 Å². The standard InChI is InChI=1S/C24H14N.C17H20N.Ir/c1-14-11-17-10-9-15-6-4-7-18-19-13-16-5-2-3-8-21(16)25-24(19)20(12-14)23(17)22(15)18;1-12(2)14-5-7-15(8-6-14)17-10-9-16(11-18-17)13(3)4;/h2-11,13H,1H3;5-7,9-13H,1-4H3;/q2*-1;. The van der Waals surface area contributed by atoms with Gasteiger partial charge in [-0.25, -0.2) is 0 Å². The largest absolute Gasteiger partial charge is 0.304 e. The van der Waals surface area contributed by atoms with Crippen LogP contribution in [0.25, 0.3) is 65.4 Å². The molecule has 0 bridgehead atoms. The molecule has 0 atom stereocenters. The van der Waals surface area contributed by atoms with E-state index >= 15 is 0 Å². The summed E-state index contributed by atoms with van der Waals surface area (Å²) >= 11 is 0. The van der Waals surface area contributed by atoms with E-state index < -0.39 is 0 Å². The number of fused-ring (bicyclic) bond motifs is 4. The van der Waals surface area contributed by atoms with Crippen molar-refractivity contribution in [3.8, 4) is 11.3 Å². The van der Waals surface area contributed by atoms with Crippen molar-refractivity contribution in [2.24, 2.45) is 0 Å². The van der Waals surface area contributed by atoms with Gasteiger partial charge in [0, 0.05) is 26.3 Å². The van der Waals surface area contributed by atoms with Gasteiger partial charge in [0.25, 0.3) is 0 Å². The van der Waals surface area contributed by atoms with Gasteiger partial charge in [0.2, 0.25) is 0 Å². The van der Waals surface area contributed by atoms with E-state index in [1.165, 1.54) is 48.8 Å². The fourth-order valence-corrected chi connectivity index (χ4v) is 6.09. The molecule has 1 radical (unpaired) electrons. The van der Waals surface area contributed by atoms with Crippen LogP contribution in [0.5, 0.6) is 0 Å². The van der Waals surface area contributed by atoms with Crippen LogP contribution in [-0.2, 0) is 20.1 Å². The maximum absolute atomic E-state index is 5.04. The number of aryl methyl sites for hydroxylation is 1. The van der Waals surface area contributed by atoms with Crippen LogP contribution in [0.15, 0.2) is 103 Å². The average molecular weight is 747 g/mol. The van der Waals surface area contributed by atoms with Gasteiger partial charge in [0.05, 0.1) is 5.52 Å². The van der Waals surface area contributed by atoms with Crippen LogP contribution in [-0.4, -0.2) is 9.97 Å². The molecule has 0 aliphatic rings. The SMILES string of the molecule is CC(C)c1c[c-]c(-c2ccc(C(C)C)cn2)cc1.Cc1[c-]c2c3nc4ccccc4cc3c3cccc4ccc(c1)c2c43.[Ir]. The quantitative estimate of drug-likeness (QED) is 0.102. The molecule has 219 valence electrons. The van der Waals surface area contributed by atoms with Crippen molar-refractivity contribution in [2.75, 3.05) is 0 Å². The van der Waals surface area contributed by atoms with Gasteiger partial charge in [-0.1, -0.05) is 113 Å². The minimum atomic E-state index is 0. The van der Waals surface area contributed by atoms with E-state index in [2.05, 4.69) is 149 Å². The number of nitrogens with zero attached hydrogens (tertiary/aromatic N) is 2. The first kappa shape index (κ1) is 29.9. The zero-order valence-electron chi connectivity index (χ0n) is 25.7. The Bertz CT molecular complexity index is 2180. The number of rotatable bonds is 3. The Hall–Kier alpha value is -4.17. The third-order valence-electron chi connectivity index (χ3n) is 8.51. The molecule has 0 spiro atoms. The van der Waals surface area contributed by atoms with Crippen molar-refractivity contribution in [3.63, 3.8) is 0 Å². The van der Waals surface area contributed by atoms with Gasteiger partial charge in [-0.15, -0.1) is 63.9 Å². The van der Waals surface area contributed by atoms with Crippen molar-refractivity contribution in [1.82, 2.24) is 9.97 Å². The van der Waals surface area contributed by atoms with Gasteiger partial charge in [-0.3, -0.25) is 4.98 Å². The van der Waals surface area contributed by atoms with Crippen molar-refractivity contribution < 1.29 is 20.1 Å². The molecule has 0 N–H and O–H groups in total. The Balaban J connectivity index is 0.000000162. The van der Waals surface area contributed by atoms with E-state index in [1.54, 1.807) is 0 Å². The average Bonchev–Trinajstić information content (AvgIpc) is 3.03. The second-order valence-corrected chi connectivity index (χ2v) is 12.2. The molecule has 44 heavy (non-hydrogen) atoms. The Labute approximate surface area is 272 Å². The topological polar surface area (TPSA) is 25.8 Å². The third kappa shape index (κ3) is 5.36. The summed E-state index contributed by atoms with van der Waals surface area (Å²) in [4.78, 5) is 9.55. The molecule has 3 heteroatoms. The molecule has 0 saturated carbocycles. The molecule has 0 fully saturated rings. The van der Waals surface area contributed by atoms with Crippen LogP contribution in [0.4, 0.5) is 0 Å². The molecular formula is C41H34IrN2-2. The zero-order valence-corrected chi connectivity index (χ0v) is 28.1. The first-order valence-corrected chi connectivity index (χ1v) is 15.1. The van der Waals surface area contributed by atoms with Crippen molar-refractivity contribution in [3.05, 3.63) is 132 Å². The molecule has 0 amide bonds. The molecule has 2 nitrogen and oxygen atoms in total. The maximum atomic E-state index is 5.04. The Morgan fingerprint density at radius 1 is 0.659 bits per heavy atom. The van der Waals surface area contributed by atoms with Gasteiger partial charge in [0.15, 0.2) is 0 Å². The first-order chi connectivity index (χ1) is 20.9. The van der Waals surface area contributed by atoms with E-state index in [0.717, 1.165) is 33.2 Å². The molecule has 0 saturated heterocycles. The van der Waals surface area contributed by atoms with Crippen molar-refractivity contribution >= 4 is 54.1 Å². The Morgan fingerprint density at radius 2 is 1.41 bits per heavy atom. The molecule has 0 aliphatic heterocycles. The summed E-state index contributed by atoms with van der Waals surface area (Å²) in [5.41, 5.74) is 7.90. The number of benzene rings is 6. The Kier molecular flexibility index (Phi) is 8.20. The summed E-state index contributed by atoms with van der Waals surface area (Å²) in [5.74, 6) is 1.07. The summed E-state index contributed by atoms with van der Waals surface area (Å²) in [7, 11) is 0. The monoisotopic (exact) mass is 747 g/mol. The van der Waals surface area contributed by atoms with Crippen molar-refractivity contribution in [2.45, 2.75) is 46.5 Å². The normalized spacial score (nSPS) is 11.5. The molecule has 2 aromatic heterocycles. The zero-order chi connectivity index (χ0) is 29.7. The number of para-hydroxylation sites is 1. The van der Waals surface area contributed by atoms with Gasteiger partial charge >= 0.3 is 0 Å². The second kappa shape index (κ2) is 12.1. The maximum Gasteiger partial charge on any atom is 0.0595 e. The van der Waals surface area contributed by atoms with Crippen molar-refractivity contribution in [1.29, 1.82) is 0 Å². The number of pyridine rings is 2. The molecule has 8 aromatic rings. The fourth-order valence-electron chi connectivity index (χ4n) is 6.09. The minimum Gasteiger partial charge on any atom is -0.304 e. The van der Waals surface area contributed by atoms with Crippen LogP contribution in [0.3, 0.4) is 0 Å². The van der Waals surface area contributed by atoms with E-state index in [1.807, 2.05) is 6.20 Å². The Morgan fingerprint density at radius 3 is 2.14 bits per heavy atom. The van der Waals surface area contributed by atoms with Crippen LogP contribution in [0.1, 0.15) is 56.2 Å². The predicted octanol–water partition coefficient (Wildman–Crippen LogP) is 11.2.